The Kier molecular flexibility index (Phi) is 4.93. The summed E-state index contributed by atoms with van der Waals surface area (Å²) in [6.07, 6.45) is 1.80. The van der Waals surface area contributed by atoms with E-state index in [0.717, 1.165) is 12.8 Å². The molecule has 8 heteroatoms. The van der Waals surface area contributed by atoms with Crippen LogP contribution in [0.3, 0.4) is 0 Å². The Hall–Kier alpha value is -2.95. The molecule has 0 saturated heterocycles. The van der Waals surface area contributed by atoms with Crippen LogP contribution in [0.1, 0.15) is 37.3 Å². The Morgan fingerprint density at radius 3 is 2.76 bits per heavy atom. The number of amides is 2. The maximum Gasteiger partial charge on any atom is 0.404 e. The van der Waals surface area contributed by atoms with E-state index >= 15 is 0 Å². The smallest absolute Gasteiger partial charge is 0.404 e. The molecule has 0 bridgehead atoms. The fraction of sp³-hybridized carbons (Fsp3) is 0.471. The van der Waals surface area contributed by atoms with E-state index in [0.29, 0.717) is 29.9 Å². The lowest BCUT2D eigenvalue weighted by molar-refractivity contribution is -0.127. The van der Waals surface area contributed by atoms with Crippen LogP contribution in [0.15, 0.2) is 18.2 Å². The van der Waals surface area contributed by atoms with Gasteiger partial charge in [-0.15, -0.1) is 0 Å². The molecule has 132 valence electrons. The number of hydrogen-bond donors (Lipinski definition) is 3. The van der Waals surface area contributed by atoms with E-state index in [9.17, 15) is 14.9 Å². The second-order valence-electron chi connectivity index (χ2n) is 6.13. The summed E-state index contributed by atoms with van der Waals surface area (Å²) in [5.41, 5.74) is 0.596. The van der Waals surface area contributed by atoms with Crippen LogP contribution in [0.25, 0.3) is 0 Å². The highest BCUT2D eigenvalue weighted by atomic mass is 16.7. The molecule has 25 heavy (non-hydrogen) atoms. The Bertz CT molecular complexity index is 715. The Balaban J connectivity index is 1.71. The molecule has 0 radical (unpaired) electrons. The van der Waals surface area contributed by atoms with Gasteiger partial charge in [-0.25, -0.2) is 4.79 Å². The van der Waals surface area contributed by atoms with Gasteiger partial charge in [0.25, 0.3) is 0 Å². The molecular weight excluding hydrogens is 326 g/mol. The first-order valence-electron chi connectivity index (χ1n) is 8.17. The summed E-state index contributed by atoms with van der Waals surface area (Å²) in [5, 5.41) is 23.5. The number of carboxylic acid groups (broad SMARTS) is 1. The van der Waals surface area contributed by atoms with E-state index < -0.39 is 24.1 Å². The fourth-order valence-corrected chi connectivity index (χ4v) is 3.31. The molecule has 3 N–H and O–H groups in total. The SMILES string of the molecule is N#CC(NC(=O)C1CCCCC1NC(=O)O)c1ccc2c(c1)OCO2. The van der Waals surface area contributed by atoms with Crippen LogP contribution in [0.2, 0.25) is 0 Å². The number of fused-ring (bicyclic) bond motifs is 1. The number of carbonyl (C=O) groups is 2. The van der Waals surface area contributed by atoms with Crippen molar-refractivity contribution in [3.8, 4) is 17.6 Å². The van der Waals surface area contributed by atoms with Gasteiger partial charge < -0.3 is 25.2 Å². The third-order valence-corrected chi connectivity index (χ3v) is 4.56. The first-order chi connectivity index (χ1) is 12.1. The van der Waals surface area contributed by atoms with Crippen molar-refractivity contribution in [1.82, 2.24) is 10.6 Å². The van der Waals surface area contributed by atoms with Gasteiger partial charge in [0.1, 0.15) is 6.04 Å². The molecule has 0 aromatic heterocycles. The largest absolute Gasteiger partial charge is 0.465 e. The quantitative estimate of drug-likeness (QED) is 0.767. The van der Waals surface area contributed by atoms with Crippen molar-refractivity contribution in [1.29, 1.82) is 5.26 Å². The molecule has 2 aliphatic rings. The zero-order valence-corrected chi connectivity index (χ0v) is 13.5. The number of rotatable bonds is 4. The summed E-state index contributed by atoms with van der Waals surface area (Å²) in [7, 11) is 0. The van der Waals surface area contributed by atoms with Crippen molar-refractivity contribution in [3.05, 3.63) is 23.8 Å². The molecule has 1 heterocycles. The third kappa shape index (κ3) is 3.76. The molecule has 1 aliphatic heterocycles. The second-order valence-corrected chi connectivity index (χ2v) is 6.13. The van der Waals surface area contributed by atoms with Crippen LogP contribution in [0.4, 0.5) is 4.79 Å². The average molecular weight is 345 g/mol. The van der Waals surface area contributed by atoms with Crippen molar-refractivity contribution in [2.24, 2.45) is 5.92 Å². The molecule has 1 saturated carbocycles. The topological polar surface area (TPSA) is 121 Å². The summed E-state index contributed by atoms with van der Waals surface area (Å²) < 4.78 is 10.5. The van der Waals surface area contributed by atoms with Crippen molar-refractivity contribution >= 4 is 12.0 Å². The van der Waals surface area contributed by atoms with Gasteiger partial charge in [-0.3, -0.25) is 4.79 Å². The monoisotopic (exact) mass is 345 g/mol. The number of nitrogens with one attached hydrogen (secondary N) is 2. The van der Waals surface area contributed by atoms with Gasteiger partial charge in [-0.1, -0.05) is 18.9 Å². The molecule has 1 fully saturated rings. The summed E-state index contributed by atoms with van der Waals surface area (Å²) in [4.78, 5) is 23.5. The van der Waals surface area contributed by atoms with Crippen LogP contribution in [0, 0.1) is 17.2 Å². The minimum Gasteiger partial charge on any atom is -0.465 e. The van der Waals surface area contributed by atoms with Crippen molar-refractivity contribution in [3.63, 3.8) is 0 Å². The number of nitriles is 1. The van der Waals surface area contributed by atoms with E-state index in [1.54, 1.807) is 18.2 Å². The number of nitrogens with zero attached hydrogens (tertiary/aromatic N) is 1. The number of ether oxygens (including phenoxy) is 2. The lowest BCUT2D eigenvalue weighted by Crippen LogP contribution is -2.48. The highest BCUT2D eigenvalue weighted by Crippen LogP contribution is 2.34. The summed E-state index contributed by atoms with van der Waals surface area (Å²) >= 11 is 0. The Morgan fingerprint density at radius 1 is 1.24 bits per heavy atom. The van der Waals surface area contributed by atoms with Crippen LogP contribution in [-0.2, 0) is 4.79 Å². The van der Waals surface area contributed by atoms with Crippen LogP contribution in [0.5, 0.6) is 11.5 Å². The highest BCUT2D eigenvalue weighted by Gasteiger charge is 2.33. The average Bonchev–Trinajstić information content (AvgIpc) is 3.07. The molecule has 3 rings (SSSR count). The molecule has 3 unspecified atom stereocenters. The van der Waals surface area contributed by atoms with Crippen LogP contribution >= 0.6 is 0 Å². The zero-order chi connectivity index (χ0) is 17.8. The first kappa shape index (κ1) is 16.9. The summed E-state index contributed by atoms with van der Waals surface area (Å²) in [6, 6.07) is 5.88. The van der Waals surface area contributed by atoms with Gasteiger partial charge >= 0.3 is 6.09 Å². The lowest BCUT2D eigenvalue weighted by atomic mass is 9.83. The van der Waals surface area contributed by atoms with Gasteiger partial charge in [0.15, 0.2) is 11.5 Å². The molecule has 1 aliphatic carbocycles. The van der Waals surface area contributed by atoms with Gasteiger partial charge in [0.05, 0.1) is 12.0 Å². The van der Waals surface area contributed by atoms with E-state index in [1.807, 2.05) is 0 Å². The van der Waals surface area contributed by atoms with E-state index in [4.69, 9.17) is 14.6 Å². The molecule has 0 spiro atoms. The van der Waals surface area contributed by atoms with Crippen LogP contribution < -0.4 is 20.1 Å². The number of benzene rings is 1. The van der Waals surface area contributed by atoms with Crippen molar-refractivity contribution < 1.29 is 24.2 Å². The molecule has 1 aromatic carbocycles. The standard InChI is InChI=1S/C17H19N3O5/c18-8-13(10-5-6-14-15(7-10)25-9-24-14)19-16(21)11-3-1-2-4-12(11)20-17(22)23/h5-7,11-13,20H,1-4,9H2,(H,19,21)(H,22,23). The highest BCUT2D eigenvalue weighted by molar-refractivity contribution is 5.81. The van der Waals surface area contributed by atoms with Gasteiger partial charge in [0.2, 0.25) is 12.7 Å². The number of hydrogen-bond acceptors (Lipinski definition) is 5. The minimum atomic E-state index is -1.14. The molecule has 8 nitrogen and oxygen atoms in total. The maximum absolute atomic E-state index is 12.6. The lowest BCUT2D eigenvalue weighted by Gasteiger charge is -2.31. The van der Waals surface area contributed by atoms with E-state index in [1.165, 1.54) is 0 Å². The summed E-state index contributed by atoms with van der Waals surface area (Å²) in [6.45, 7) is 0.132. The van der Waals surface area contributed by atoms with Gasteiger partial charge in [-0.2, -0.15) is 5.26 Å². The molecule has 3 atom stereocenters. The van der Waals surface area contributed by atoms with E-state index in [-0.39, 0.29) is 12.7 Å². The normalized spacial score (nSPS) is 22.5. The zero-order valence-electron chi connectivity index (χ0n) is 13.5. The van der Waals surface area contributed by atoms with E-state index in [2.05, 4.69) is 16.7 Å². The van der Waals surface area contributed by atoms with Crippen molar-refractivity contribution in [2.45, 2.75) is 37.8 Å². The second kappa shape index (κ2) is 7.30. The van der Waals surface area contributed by atoms with Gasteiger partial charge in [0, 0.05) is 6.04 Å². The maximum atomic E-state index is 12.6. The number of carbonyl (C=O) groups excluding carboxylic acids is 1. The molecule has 2 amide bonds. The predicted octanol–water partition coefficient (Wildman–Crippen LogP) is 1.92. The summed E-state index contributed by atoms with van der Waals surface area (Å²) in [5.74, 6) is 0.345. The van der Waals surface area contributed by atoms with Gasteiger partial charge in [-0.05, 0) is 30.5 Å². The predicted molar refractivity (Wildman–Crippen MR) is 86.0 cm³/mol. The Morgan fingerprint density at radius 2 is 2.00 bits per heavy atom. The third-order valence-electron chi connectivity index (χ3n) is 4.56. The van der Waals surface area contributed by atoms with Crippen molar-refractivity contribution in [2.75, 3.05) is 6.79 Å². The van der Waals surface area contributed by atoms with Crippen LogP contribution in [-0.4, -0.2) is 29.9 Å². The molecular formula is C17H19N3O5. The minimum absolute atomic E-state index is 0.132. The Labute approximate surface area is 144 Å². The first-order valence-corrected chi connectivity index (χ1v) is 8.17. The fourth-order valence-electron chi connectivity index (χ4n) is 3.31. The molecule has 1 aromatic rings.